The highest BCUT2D eigenvalue weighted by atomic mass is 32.2. The molecule has 0 aliphatic rings. The van der Waals surface area contributed by atoms with Gasteiger partial charge in [-0.1, -0.05) is 30.0 Å². The SMILES string of the molecule is C=CCn1c(S[C@@H](C)C(=O)Nc2nccs2)nnc1-c1ccccc1OC. The first-order chi connectivity index (χ1) is 13.1. The van der Waals surface area contributed by atoms with E-state index in [-0.39, 0.29) is 11.2 Å². The lowest BCUT2D eigenvalue weighted by molar-refractivity contribution is -0.115. The fraction of sp³-hybridized carbons (Fsp3) is 0.222. The molecule has 1 atom stereocenters. The Morgan fingerprint density at radius 3 is 2.96 bits per heavy atom. The van der Waals surface area contributed by atoms with Crippen molar-refractivity contribution in [1.29, 1.82) is 0 Å². The molecule has 0 unspecified atom stereocenters. The molecule has 0 saturated carbocycles. The van der Waals surface area contributed by atoms with Crippen LogP contribution in [-0.4, -0.2) is 38.0 Å². The van der Waals surface area contributed by atoms with E-state index < -0.39 is 0 Å². The molecular formula is C18H19N5O2S2. The van der Waals surface area contributed by atoms with Crippen LogP contribution in [0.3, 0.4) is 0 Å². The van der Waals surface area contributed by atoms with Crippen LogP contribution >= 0.6 is 23.1 Å². The van der Waals surface area contributed by atoms with Crippen LogP contribution in [0.4, 0.5) is 5.13 Å². The Kier molecular flexibility index (Phi) is 6.25. The van der Waals surface area contributed by atoms with E-state index in [2.05, 4.69) is 27.1 Å². The predicted molar refractivity (Wildman–Crippen MR) is 108 cm³/mol. The minimum atomic E-state index is -0.368. The number of nitrogens with zero attached hydrogens (tertiary/aromatic N) is 4. The van der Waals surface area contributed by atoms with Crippen molar-refractivity contribution >= 4 is 34.1 Å². The minimum Gasteiger partial charge on any atom is -0.496 e. The Morgan fingerprint density at radius 1 is 1.44 bits per heavy atom. The Morgan fingerprint density at radius 2 is 2.26 bits per heavy atom. The molecule has 0 aliphatic carbocycles. The summed E-state index contributed by atoms with van der Waals surface area (Å²) in [6.45, 7) is 6.16. The number of anilines is 1. The molecule has 0 aliphatic heterocycles. The predicted octanol–water partition coefficient (Wildman–Crippen LogP) is 3.72. The molecule has 3 rings (SSSR count). The van der Waals surface area contributed by atoms with Gasteiger partial charge in [-0.25, -0.2) is 4.98 Å². The highest BCUT2D eigenvalue weighted by Crippen LogP contribution is 2.32. The van der Waals surface area contributed by atoms with E-state index in [1.165, 1.54) is 23.1 Å². The van der Waals surface area contributed by atoms with Crippen LogP contribution in [0.5, 0.6) is 5.75 Å². The molecule has 0 bridgehead atoms. The molecule has 0 saturated heterocycles. The standard InChI is InChI=1S/C18H19N5O2S2/c1-4-10-23-15(13-7-5-6-8-14(13)25-3)21-22-18(23)27-12(2)16(24)20-17-19-9-11-26-17/h4-9,11-12H,1,10H2,2-3H3,(H,19,20,24)/t12-/m0/s1. The Balaban J connectivity index is 1.84. The number of amides is 1. The number of hydrogen-bond donors (Lipinski definition) is 1. The van der Waals surface area contributed by atoms with Gasteiger partial charge in [0.25, 0.3) is 0 Å². The molecular weight excluding hydrogens is 382 g/mol. The van der Waals surface area contributed by atoms with Crippen molar-refractivity contribution < 1.29 is 9.53 Å². The van der Waals surface area contributed by atoms with Gasteiger partial charge in [-0.3, -0.25) is 9.36 Å². The van der Waals surface area contributed by atoms with Gasteiger partial charge in [-0.05, 0) is 19.1 Å². The quantitative estimate of drug-likeness (QED) is 0.458. The van der Waals surface area contributed by atoms with Crippen molar-refractivity contribution in [2.45, 2.75) is 23.9 Å². The fourth-order valence-corrected chi connectivity index (χ4v) is 3.79. The molecule has 1 N–H and O–H groups in total. The number of carbonyl (C=O) groups excluding carboxylic acids is 1. The van der Waals surface area contributed by atoms with E-state index in [4.69, 9.17) is 4.74 Å². The first kappa shape index (κ1) is 19.1. The summed E-state index contributed by atoms with van der Waals surface area (Å²) in [6, 6.07) is 7.62. The normalized spacial score (nSPS) is 11.8. The summed E-state index contributed by atoms with van der Waals surface area (Å²) in [5, 5.41) is 14.1. The van der Waals surface area contributed by atoms with Gasteiger partial charge in [-0.2, -0.15) is 0 Å². The molecule has 2 aromatic heterocycles. The van der Waals surface area contributed by atoms with Gasteiger partial charge in [-0.15, -0.1) is 28.1 Å². The average Bonchev–Trinajstić information content (AvgIpc) is 3.32. The highest BCUT2D eigenvalue weighted by Gasteiger charge is 2.22. The molecule has 0 radical (unpaired) electrons. The van der Waals surface area contributed by atoms with Gasteiger partial charge in [0.2, 0.25) is 5.91 Å². The Labute approximate surface area is 165 Å². The third kappa shape index (κ3) is 4.37. The second kappa shape index (κ2) is 8.83. The van der Waals surface area contributed by atoms with Crippen molar-refractivity contribution in [2.24, 2.45) is 0 Å². The number of hydrogen-bond acceptors (Lipinski definition) is 7. The van der Waals surface area contributed by atoms with Gasteiger partial charge < -0.3 is 10.1 Å². The number of allylic oxidation sites excluding steroid dienone is 1. The maximum Gasteiger partial charge on any atom is 0.239 e. The first-order valence-corrected chi connectivity index (χ1v) is 9.94. The molecule has 1 aromatic carbocycles. The lowest BCUT2D eigenvalue weighted by atomic mass is 10.2. The van der Waals surface area contributed by atoms with Crippen LogP contribution in [0.2, 0.25) is 0 Å². The molecule has 7 nitrogen and oxygen atoms in total. The van der Waals surface area contributed by atoms with Crippen LogP contribution in [0.25, 0.3) is 11.4 Å². The van der Waals surface area contributed by atoms with E-state index in [9.17, 15) is 4.79 Å². The number of carbonyl (C=O) groups is 1. The number of ether oxygens (including phenoxy) is 1. The van der Waals surface area contributed by atoms with Gasteiger partial charge >= 0.3 is 0 Å². The zero-order valence-corrected chi connectivity index (χ0v) is 16.6. The molecule has 2 heterocycles. The third-order valence-electron chi connectivity index (χ3n) is 3.69. The number of rotatable bonds is 8. The Bertz CT molecular complexity index is 924. The van der Waals surface area contributed by atoms with E-state index in [1.807, 2.05) is 41.1 Å². The smallest absolute Gasteiger partial charge is 0.239 e. The second-order valence-electron chi connectivity index (χ2n) is 5.49. The topological polar surface area (TPSA) is 81.9 Å². The maximum atomic E-state index is 12.4. The monoisotopic (exact) mass is 401 g/mol. The van der Waals surface area contributed by atoms with Crippen molar-refractivity contribution in [1.82, 2.24) is 19.7 Å². The summed E-state index contributed by atoms with van der Waals surface area (Å²) in [5.41, 5.74) is 0.834. The van der Waals surface area contributed by atoms with E-state index in [1.54, 1.807) is 19.4 Å². The first-order valence-electron chi connectivity index (χ1n) is 8.18. The summed E-state index contributed by atoms with van der Waals surface area (Å²) in [7, 11) is 1.62. The van der Waals surface area contributed by atoms with E-state index in [0.29, 0.717) is 28.4 Å². The summed E-state index contributed by atoms with van der Waals surface area (Å²) >= 11 is 2.71. The molecule has 27 heavy (non-hydrogen) atoms. The summed E-state index contributed by atoms with van der Waals surface area (Å²) in [6.07, 6.45) is 3.42. The van der Waals surface area contributed by atoms with Gasteiger partial charge in [0, 0.05) is 18.1 Å². The van der Waals surface area contributed by atoms with Crippen molar-refractivity contribution in [3.05, 3.63) is 48.5 Å². The lowest BCUT2D eigenvalue weighted by Crippen LogP contribution is -2.22. The second-order valence-corrected chi connectivity index (χ2v) is 7.69. The largest absolute Gasteiger partial charge is 0.496 e. The zero-order valence-electron chi connectivity index (χ0n) is 15.0. The number of benzene rings is 1. The summed E-state index contributed by atoms with van der Waals surface area (Å²) < 4.78 is 7.36. The van der Waals surface area contributed by atoms with Crippen molar-refractivity contribution in [2.75, 3.05) is 12.4 Å². The molecule has 1 amide bonds. The highest BCUT2D eigenvalue weighted by molar-refractivity contribution is 8.00. The number of nitrogens with one attached hydrogen (secondary N) is 1. The average molecular weight is 402 g/mol. The minimum absolute atomic E-state index is 0.137. The molecule has 0 fully saturated rings. The van der Waals surface area contributed by atoms with E-state index >= 15 is 0 Å². The number of thiazole rings is 1. The number of para-hydroxylation sites is 1. The number of methoxy groups -OCH3 is 1. The van der Waals surface area contributed by atoms with Gasteiger partial charge in [0.05, 0.1) is 17.9 Å². The molecule has 9 heteroatoms. The van der Waals surface area contributed by atoms with Crippen molar-refractivity contribution in [3.63, 3.8) is 0 Å². The van der Waals surface area contributed by atoms with Crippen LogP contribution in [0.1, 0.15) is 6.92 Å². The molecule has 3 aromatic rings. The zero-order chi connectivity index (χ0) is 19.2. The van der Waals surface area contributed by atoms with Gasteiger partial charge in [0.15, 0.2) is 16.1 Å². The molecule has 0 spiro atoms. The maximum absolute atomic E-state index is 12.4. The lowest BCUT2D eigenvalue weighted by Gasteiger charge is -2.13. The van der Waals surface area contributed by atoms with Crippen LogP contribution in [0.15, 0.2) is 53.7 Å². The van der Waals surface area contributed by atoms with Crippen molar-refractivity contribution in [3.8, 4) is 17.1 Å². The Hall–Kier alpha value is -2.65. The summed E-state index contributed by atoms with van der Waals surface area (Å²) in [5.74, 6) is 1.24. The van der Waals surface area contributed by atoms with Crippen LogP contribution in [0, 0.1) is 0 Å². The molecule has 140 valence electrons. The number of thioether (sulfide) groups is 1. The fourth-order valence-electron chi connectivity index (χ4n) is 2.40. The van der Waals surface area contributed by atoms with Crippen LogP contribution < -0.4 is 10.1 Å². The van der Waals surface area contributed by atoms with Gasteiger partial charge in [0.1, 0.15) is 5.75 Å². The summed E-state index contributed by atoms with van der Waals surface area (Å²) in [4.78, 5) is 16.5. The van der Waals surface area contributed by atoms with E-state index in [0.717, 1.165) is 5.56 Å². The van der Waals surface area contributed by atoms with Crippen LogP contribution in [-0.2, 0) is 11.3 Å². The third-order valence-corrected chi connectivity index (χ3v) is 5.46. The number of aromatic nitrogens is 4.